The number of phenolic OH excluding ortho intramolecular Hbond substituents is 1. The van der Waals surface area contributed by atoms with Gasteiger partial charge in [-0.05, 0) is 18.2 Å². The molecule has 0 unspecified atom stereocenters. The van der Waals surface area contributed by atoms with E-state index in [9.17, 15) is 19.5 Å². The molecule has 1 aromatic heterocycles. The largest absolute Gasteiger partial charge is 0.505 e. The molecule has 1 aromatic carbocycles. The van der Waals surface area contributed by atoms with E-state index in [1.165, 1.54) is 43.6 Å². The minimum Gasteiger partial charge on any atom is -0.505 e. The number of esters is 1. The van der Waals surface area contributed by atoms with Crippen LogP contribution in [0.5, 0.6) is 5.75 Å². The fourth-order valence-corrected chi connectivity index (χ4v) is 1.67. The molecule has 2 aromatic rings. The van der Waals surface area contributed by atoms with E-state index in [0.29, 0.717) is 0 Å². The maximum Gasteiger partial charge on any atom is 0.341 e. The fraction of sp³-hybridized carbons (Fsp3) is 0.0714. The lowest BCUT2D eigenvalue weighted by atomic mass is 10.1. The topological polar surface area (TPSA) is 108 Å². The number of benzene rings is 1. The van der Waals surface area contributed by atoms with Crippen molar-refractivity contribution < 1.29 is 19.4 Å². The number of para-hydroxylation sites is 1. The van der Waals surface area contributed by atoms with Gasteiger partial charge in [0.25, 0.3) is 5.91 Å². The van der Waals surface area contributed by atoms with Gasteiger partial charge < -0.3 is 20.1 Å². The number of methoxy groups -OCH3 is 1. The van der Waals surface area contributed by atoms with Gasteiger partial charge in [-0.2, -0.15) is 0 Å². The monoisotopic (exact) mass is 288 g/mol. The number of nitrogens with one attached hydrogen (secondary N) is 2. The highest BCUT2D eigenvalue weighted by Gasteiger charge is 2.16. The van der Waals surface area contributed by atoms with Crippen molar-refractivity contribution in [2.24, 2.45) is 0 Å². The van der Waals surface area contributed by atoms with E-state index in [-0.39, 0.29) is 28.1 Å². The van der Waals surface area contributed by atoms with Gasteiger partial charge in [-0.3, -0.25) is 9.59 Å². The molecule has 0 saturated carbocycles. The third-order valence-corrected chi connectivity index (χ3v) is 2.74. The Labute approximate surface area is 119 Å². The van der Waals surface area contributed by atoms with E-state index >= 15 is 0 Å². The SMILES string of the molecule is COC(=O)c1cccc(NC(=O)c2ccc(=O)[nH]c2)c1O. The third-order valence-electron chi connectivity index (χ3n) is 2.74. The molecule has 0 saturated heterocycles. The number of anilines is 1. The Hall–Kier alpha value is -3.09. The molecule has 0 bridgehead atoms. The fourth-order valence-electron chi connectivity index (χ4n) is 1.67. The molecule has 0 aliphatic rings. The van der Waals surface area contributed by atoms with Crippen molar-refractivity contribution in [1.29, 1.82) is 0 Å². The van der Waals surface area contributed by atoms with Crippen LogP contribution in [0.3, 0.4) is 0 Å². The van der Waals surface area contributed by atoms with Gasteiger partial charge in [0.1, 0.15) is 5.56 Å². The van der Waals surface area contributed by atoms with Crippen LogP contribution in [0, 0.1) is 0 Å². The van der Waals surface area contributed by atoms with Gasteiger partial charge in [0.15, 0.2) is 5.75 Å². The average molecular weight is 288 g/mol. The number of rotatable bonds is 3. The standard InChI is InChI=1S/C14H12N2O5/c1-21-14(20)9-3-2-4-10(12(9)18)16-13(19)8-5-6-11(17)15-7-8/h2-7,18H,1H3,(H,15,17)(H,16,19). The summed E-state index contributed by atoms with van der Waals surface area (Å²) in [6, 6.07) is 6.85. The maximum absolute atomic E-state index is 12.0. The first-order chi connectivity index (χ1) is 10.0. The summed E-state index contributed by atoms with van der Waals surface area (Å²) in [5.41, 5.74) is -0.120. The first-order valence-electron chi connectivity index (χ1n) is 5.93. The third kappa shape index (κ3) is 3.08. The molecule has 108 valence electrons. The van der Waals surface area contributed by atoms with Gasteiger partial charge in [-0.1, -0.05) is 6.07 Å². The van der Waals surface area contributed by atoms with Crippen LogP contribution in [0.15, 0.2) is 41.3 Å². The normalized spacial score (nSPS) is 9.95. The minimum absolute atomic E-state index is 0.0585. The first-order valence-corrected chi connectivity index (χ1v) is 5.93. The summed E-state index contributed by atoms with van der Waals surface area (Å²) >= 11 is 0. The Morgan fingerprint density at radius 3 is 2.62 bits per heavy atom. The van der Waals surface area contributed by atoms with Gasteiger partial charge in [-0.15, -0.1) is 0 Å². The van der Waals surface area contributed by atoms with Crippen LogP contribution >= 0.6 is 0 Å². The highest BCUT2D eigenvalue weighted by molar-refractivity contribution is 6.06. The van der Waals surface area contributed by atoms with E-state index in [2.05, 4.69) is 15.0 Å². The quantitative estimate of drug-likeness (QED) is 0.579. The second-order valence-electron chi connectivity index (χ2n) is 4.09. The molecule has 0 spiro atoms. The summed E-state index contributed by atoms with van der Waals surface area (Å²) in [4.78, 5) is 36.7. The molecule has 0 aliphatic heterocycles. The number of aromatic amines is 1. The molecule has 7 nitrogen and oxygen atoms in total. The van der Waals surface area contributed by atoms with Gasteiger partial charge in [0, 0.05) is 12.3 Å². The summed E-state index contributed by atoms with van der Waals surface area (Å²) in [7, 11) is 1.19. The van der Waals surface area contributed by atoms with Gasteiger partial charge in [-0.25, -0.2) is 4.79 Å². The average Bonchev–Trinajstić information content (AvgIpc) is 2.49. The summed E-state index contributed by atoms with van der Waals surface area (Å²) in [6.07, 6.45) is 1.25. The lowest BCUT2D eigenvalue weighted by Gasteiger charge is -2.09. The lowest BCUT2D eigenvalue weighted by Crippen LogP contribution is -2.15. The lowest BCUT2D eigenvalue weighted by molar-refractivity contribution is 0.0597. The Morgan fingerprint density at radius 2 is 2.00 bits per heavy atom. The summed E-state index contributed by atoms with van der Waals surface area (Å²) in [5.74, 6) is -1.64. The molecular weight excluding hydrogens is 276 g/mol. The molecule has 0 fully saturated rings. The second-order valence-corrected chi connectivity index (χ2v) is 4.09. The number of hydrogen-bond acceptors (Lipinski definition) is 5. The molecule has 0 radical (unpaired) electrons. The molecular formula is C14H12N2O5. The number of carbonyl (C=O) groups is 2. The van der Waals surface area contributed by atoms with Gasteiger partial charge >= 0.3 is 5.97 Å². The van der Waals surface area contributed by atoms with E-state index in [0.717, 1.165) is 0 Å². The molecule has 0 atom stereocenters. The number of ether oxygens (including phenoxy) is 1. The summed E-state index contributed by atoms with van der Waals surface area (Å²) in [6.45, 7) is 0. The number of aromatic hydroxyl groups is 1. The zero-order valence-electron chi connectivity index (χ0n) is 11.0. The predicted molar refractivity (Wildman–Crippen MR) is 74.5 cm³/mol. The summed E-state index contributed by atoms with van der Waals surface area (Å²) < 4.78 is 4.52. The summed E-state index contributed by atoms with van der Waals surface area (Å²) in [5, 5.41) is 12.4. The predicted octanol–water partition coefficient (Wildman–Crippen LogP) is 1.12. The Morgan fingerprint density at radius 1 is 1.24 bits per heavy atom. The number of pyridine rings is 1. The van der Waals surface area contributed by atoms with Crippen molar-refractivity contribution >= 4 is 17.6 Å². The zero-order chi connectivity index (χ0) is 15.4. The smallest absolute Gasteiger partial charge is 0.341 e. The van der Waals surface area contributed by atoms with Crippen molar-refractivity contribution in [3.63, 3.8) is 0 Å². The Kier molecular flexibility index (Phi) is 4.03. The van der Waals surface area contributed by atoms with E-state index < -0.39 is 11.9 Å². The van der Waals surface area contributed by atoms with Crippen LogP contribution in [0.25, 0.3) is 0 Å². The van der Waals surface area contributed by atoms with E-state index in [4.69, 9.17) is 0 Å². The van der Waals surface area contributed by atoms with Crippen LogP contribution in [0.1, 0.15) is 20.7 Å². The van der Waals surface area contributed by atoms with E-state index in [1.54, 1.807) is 0 Å². The molecule has 3 N–H and O–H groups in total. The van der Waals surface area contributed by atoms with Crippen LogP contribution < -0.4 is 10.9 Å². The number of amides is 1. The first kappa shape index (κ1) is 14.3. The van der Waals surface area contributed by atoms with Crippen LogP contribution in [-0.2, 0) is 4.74 Å². The van der Waals surface area contributed by atoms with Gasteiger partial charge in [0.2, 0.25) is 5.56 Å². The molecule has 1 amide bonds. The number of hydrogen-bond donors (Lipinski definition) is 3. The number of carbonyl (C=O) groups excluding carboxylic acids is 2. The maximum atomic E-state index is 12.0. The van der Waals surface area contributed by atoms with Crippen molar-refractivity contribution in [2.75, 3.05) is 12.4 Å². The van der Waals surface area contributed by atoms with E-state index in [1.807, 2.05) is 0 Å². The number of phenols is 1. The highest BCUT2D eigenvalue weighted by atomic mass is 16.5. The molecule has 7 heteroatoms. The highest BCUT2D eigenvalue weighted by Crippen LogP contribution is 2.28. The molecule has 0 aliphatic carbocycles. The van der Waals surface area contributed by atoms with Crippen LogP contribution in [-0.4, -0.2) is 29.1 Å². The van der Waals surface area contributed by atoms with Crippen LogP contribution in [0.2, 0.25) is 0 Å². The number of aromatic nitrogens is 1. The van der Waals surface area contributed by atoms with Crippen molar-refractivity contribution in [3.05, 3.63) is 58.0 Å². The van der Waals surface area contributed by atoms with Crippen molar-refractivity contribution in [1.82, 2.24) is 4.98 Å². The molecule has 1 heterocycles. The second kappa shape index (κ2) is 5.91. The Bertz CT molecular complexity index is 731. The van der Waals surface area contributed by atoms with Gasteiger partial charge in [0.05, 0.1) is 18.4 Å². The number of H-pyrrole nitrogens is 1. The zero-order valence-corrected chi connectivity index (χ0v) is 11.0. The molecule has 21 heavy (non-hydrogen) atoms. The molecule has 2 rings (SSSR count). The minimum atomic E-state index is -0.715. The van der Waals surface area contributed by atoms with Crippen LogP contribution in [0.4, 0.5) is 5.69 Å². The Balaban J connectivity index is 2.27. The van der Waals surface area contributed by atoms with Crippen molar-refractivity contribution in [3.8, 4) is 5.75 Å². The van der Waals surface area contributed by atoms with Crippen molar-refractivity contribution in [2.45, 2.75) is 0 Å².